The topological polar surface area (TPSA) is 57.5 Å². The van der Waals surface area contributed by atoms with Gasteiger partial charge in [0.1, 0.15) is 0 Å². The highest BCUT2D eigenvalue weighted by atomic mass is 31.2. The minimum atomic E-state index is -3.58. The van der Waals surface area contributed by atoms with E-state index >= 15 is 0 Å². The van der Waals surface area contributed by atoms with Crippen molar-refractivity contribution in [2.24, 2.45) is 0 Å². The number of hydrogen-bond donors (Lipinski definition) is 2. The summed E-state index contributed by atoms with van der Waals surface area (Å²) in [7, 11) is -3.58. The van der Waals surface area contributed by atoms with E-state index < -0.39 is 7.60 Å². The molecule has 0 atom stereocenters. The van der Waals surface area contributed by atoms with E-state index in [1.165, 1.54) is 0 Å². The molecule has 0 saturated carbocycles. The largest absolute Gasteiger partial charge is 0.325 e. The van der Waals surface area contributed by atoms with Crippen LogP contribution in [0.15, 0.2) is 0 Å². The van der Waals surface area contributed by atoms with E-state index in [0.717, 1.165) is 0 Å². The molecule has 3 nitrogen and oxygen atoms in total. The molecule has 0 bridgehead atoms. The summed E-state index contributed by atoms with van der Waals surface area (Å²) >= 11 is 0.585. The van der Waals surface area contributed by atoms with Crippen LogP contribution in [0.3, 0.4) is 0 Å². The van der Waals surface area contributed by atoms with Crippen LogP contribution in [0.2, 0.25) is 0 Å². The third-order valence-electron chi connectivity index (χ3n) is 0.412. The highest BCUT2D eigenvalue weighted by Gasteiger charge is 2.04. The summed E-state index contributed by atoms with van der Waals surface area (Å²) in [6, 6.07) is 0. The lowest BCUT2D eigenvalue weighted by Crippen LogP contribution is -1.82. The third-order valence-corrected chi connectivity index (χ3v) is 3.71. The molecule has 0 heterocycles. The molecule has 2 N–H and O–H groups in total. The fourth-order valence-corrected chi connectivity index (χ4v) is 0. The molecule has 5 heteroatoms. The molecule has 0 saturated heterocycles. The standard InChI is InChI=1S/CH4O3P.Al.2H/c1-5(2,3)4;;;/h1H2,(H2,2,3,4);;;. The molecule has 0 aliphatic rings. The van der Waals surface area contributed by atoms with Crippen LogP contribution in [0.5, 0.6) is 0 Å². The normalized spacial score (nSPS) is 11.7. The monoisotopic (exact) mass is 124 g/mol. The van der Waals surface area contributed by atoms with Gasteiger partial charge in [-0.1, -0.05) is 0 Å². The van der Waals surface area contributed by atoms with Gasteiger partial charge in [0.05, 0.1) is 0 Å². The Morgan fingerprint density at radius 1 is 1.67 bits per heavy atom. The van der Waals surface area contributed by atoms with Gasteiger partial charge in [0.2, 0.25) is 16.3 Å². The quantitative estimate of drug-likeness (QED) is 0.339. The van der Waals surface area contributed by atoms with Gasteiger partial charge in [-0.3, -0.25) is 4.57 Å². The van der Waals surface area contributed by atoms with Crippen molar-refractivity contribution in [3.63, 3.8) is 0 Å². The highest BCUT2D eigenvalue weighted by molar-refractivity contribution is 7.53. The summed E-state index contributed by atoms with van der Waals surface area (Å²) in [6.45, 7) is 0. The van der Waals surface area contributed by atoms with Gasteiger partial charge < -0.3 is 9.79 Å². The van der Waals surface area contributed by atoms with Gasteiger partial charge in [-0.2, -0.15) is 0 Å². The summed E-state index contributed by atoms with van der Waals surface area (Å²) in [6.07, 6.45) is 0. The van der Waals surface area contributed by atoms with Crippen LogP contribution in [0.25, 0.3) is 0 Å². The van der Waals surface area contributed by atoms with E-state index in [4.69, 9.17) is 9.79 Å². The zero-order valence-electron chi connectivity index (χ0n) is 3.46. The Balaban J connectivity index is 3.48. The fraction of sp³-hybridized carbons (Fsp3) is 1.00. The number of rotatable bonds is 1. The lowest BCUT2D eigenvalue weighted by Gasteiger charge is -1.92. The van der Waals surface area contributed by atoms with Crippen molar-refractivity contribution in [3.8, 4) is 0 Å². The minimum Gasteiger partial charge on any atom is -0.325 e. The first-order valence-corrected chi connectivity index (χ1v) is 4.82. The second kappa shape index (κ2) is 2.11. The maximum atomic E-state index is 9.73. The van der Waals surface area contributed by atoms with Gasteiger partial charge in [0.25, 0.3) is 0 Å². The maximum absolute atomic E-state index is 9.73. The molecule has 0 rings (SSSR count). The second-order valence-electron chi connectivity index (χ2n) is 0.981. The van der Waals surface area contributed by atoms with E-state index in [2.05, 4.69) is 0 Å². The van der Waals surface area contributed by atoms with Crippen LogP contribution in [0.4, 0.5) is 0 Å². The van der Waals surface area contributed by atoms with E-state index in [9.17, 15) is 4.57 Å². The smallest absolute Gasteiger partial charge is 0.312 e. The average Bonchev–Trinajstić information content (AvgIpc) is 1.35. The van der Waals surface area contributed by atoms with Crippen LogP contribution in [-0.2, 0) is 4.57 Å². The summed E-state index contributed by atoms with van der Waals surface area (Å²) in [5, 5.41) is 0.0764. The van der Waals surface area contributed by atoms with Gasteiger partial charge >= 0.3 is 7.60 Å². The molecule has 6 heavy (non-hydrogen) atoms. The molecule has 0 aliphatic heterocycles. The first kappa shape index (κ1) is 6.68. The van der Waals surface area contributed by atoms with Crippen molar-refractivity contribution in [2.75, 3.05) is 5.02 Å². The van der Waals surface area contributed by atoms with E-state index in [1.54, 1.807) is 0 Å². The predicted octanol–water partition coefficient (Wildman–Crippen LogP) is -1.25. The van der Waals surface area contributed by atoms with Gasteiger partial charge in [-0.25, -0.2) is 0 Å². The van der Waals surface area contributed by atoms with Crippen molar-refractivity contribution in [1.29, 1.82) is 0 Å². The highest BCUT2D eigenvalue weighted by Crippen LogP contribution is 2.31. The Morgan fingerprint density at radius 2 is 1.83 bits per heavy atom. The number of hydrogen-bond acceptors (Lipinski definition) is 1. The van der Waals surface area contributed by atoms with Gasteiger partial charge in [0, 0.05) is 0 Å². The lowest BCUT2D eigenvalue weighted by atomic mass is 11.9. The SMILES string of the molecule is O=P(O)(O)[CH2][AlH2]. The average molecular weight is 124 g/mol. The van der Waals surface area contributed by atoms with Crippen molar-refractivity contribution in [3.05, 3.63) is 0 Å². The van der Waals surface area contributed by atoms with Crippen molar-refractivity contribution < 1.29 is 14.4 Å². The summed E-state index contributed by atoms with van der Waals surface area (Å²) in [4.78, 5) is 15.9. The second-order valence-corrected chi connectivity index (χ2v) is 4.84. The van der Waals surface area contributed by atoms with Gasteiger partial charge in [0.15, 0.2) is 0 Å². The molecular formula is CH6AlO3P. The first-order valence-electron chi connectivity index (χ1n) is 1.61. The Labute approximate surface area is 44.0 Å². The molecule has 0 aromatic rings. The van der Waals surface area contributed by atoms with Crippen molar-refractivity contribution in [2.45, 2.75) is 0 Å². The first-order chi connectivity index (χ1) is 2.56. The molecule has 0 aromatic heterocycles. The van der Waals surface area contributed by atoms with E-state index in [0.29, 0.717) is 16.3 Å². The van der Waals surface area contributed by atoms with Crippen LogP contribution in [-0.4, -0.2) is 31.1 Å². The van der Waals surface area contributed by atoms with E-state index in [-0.39, 0.29) is 5.02 Å². The zero-order chi connectivity index (χ0) is 5.21. The summed E-state index contributed by atoms with van der Waals surface area (Å²) < 4.78 is 9.73. The Hall–Kier alpha value is 0.682. The third kappa shape index (κ3) is 4.68. The Kier molecular flexibility index (Phi) is 2.35. The molecule has 0 aromatic carbocycles. The van der Waals surface area contributed by atoms with Crippen molar-refractivity contribution >= 4 is 23.9 Å². The van der Waals surface area contributed by atoms with Crippen LogP contribution in [0, 0.1) is 0 Å². The maximum Gasteiger partial charge on any atom is 0.312 e. The summed E-state index contributed by atoms with van der Waals surface area (Å²) in [5.41, 5.74) is 0. The molecule has 0 radical (unpaired) electrons. The van der Waals surface area contributed by atoms with Crippen LogP contribution < -0.4 is 0 Å². The molecule has 0 amide bonds. The van der Waals surface area contributed by atoms with Crippen molar-refractivity contribution in [1.82, 2.24) is 0 Å². The fourth-order valence-electron chi connectivity index (χ4n) is 0. The lowest BCUT2D eigenvalue weighted by molar-refractivity contribution is 0.379. The minimum absolute atomic E-state index is 0.0764. The molecule has 0 aliphatic carbocycles. The Bertz CT molecular complexity index is 74.9. The molecule has 0 spiro atoms. The molecule has 0 unspecified atom stereocenters. The zero-order valence-corrected chi connectivity index (χ0v) is 6.35. The molecular weight excluding hydrogens is 118 g/mol. The van der Waals surface area contributed by atoms with Gasteiger partial charge in [-0.05, 0) is 5.02 Å². The molecule has 0 fully saturated rings. The predicted molar refractivity (Wildman–Crippen MR) is 25.5 cm³/mol. The van der Waals surface area contributed by atoms with Crippen LogP contribution >= 0.6 is 7.60 Å². The van der Waals surface area contributed by atoms with Gasteiger partial charge in [-0.15, -0.1) is 0 Å². The summed E-state index contributed by atoms with van der Waals surface area (Å²) in [5.74, 6) is 0. The Morgan fingerprint density at radius 3 is 1.83 bits per heavy atom. The molecule has 36 valence electrons. The van der Waals surface area contributed by atoms with Crippen LogP contribution in [0.1, 0.15) is 0 Å². The van der Waals surface area contributed by atoms with E-state index in [1.807, 2.05) is 0 Å².